The molecule has 1 saturated heterocycles. The van der Waals surface area contributed by atoms with Crippen molar-refractivity contribution >= 4 is 29.8 Å². The van der Waals surface area contributed by atoms with E-state index in [4.69, 9.17) is 0 Å². The number of aliphatic hydroxyl groups excluding tert-OH is 2. The van der Waals surface area contributed by atoms with Gasteiger partial charge in [0.15, 0.2) is 0 Å². The number of nitrogens with one attached hydrogen (secondary N) is 2. The van der Waals surface area contributed by atoms with E-state index in [1.54, 1.807) is 14.7 Å². The zero-order valence-corrected chi connectivity index (χ0v) is 36.2. The number of hydrogen-bond acceptors (Lipinski definition) is 12. The summed E-state index contributed by atoms with van der Waals surface area (Å²) in [6, 6.07) is 0.299. The maximum Gasteiger partial charge on any atom is 0.317 e. The van der Waals surface area contributed by atoms with Crippen molar-refractivity contribution < 1.29 is 54.6 Å². The lowest BCUT2D eigenvalue weighted by atomic mass is 9.43. The average molecular weight is 851 g/mol. The average Bonchev–Trinajstić information content (AvgIpc) is 3.53. The maximum absolute atomic E-state index is 13.2. The van der Waals surface area contributed by atoms with Crippen molar-refractivity contribution in [2.24, 2.45) is 46.3 Å². The molecular weight excluding hydrogens is 777 g/mol. The van der Waals surface area contributed by atoms with Crippen molar-refractivity contribution in [2.75, 3.05) is 91.6 Å². The van der Waals surface area contributed by atoms with Crippen LogP contribution in [0.15, 0.2) is 0 Å². The lowest BCUT2D eigenvalue weighted by Crippen LogP contribution is -2.62. The molecule has 0 unspecified atom stereocenters. The van der Waals surface area contributed by atoms with Gasteiger partial charge in [0.1, 0.15) is 0 Å². The second-order valence-corrected chi connectivity index (χ2v) is 19.4. The molecule has 0 radical (unpaired) electrons. The van der Waals surface area contributed by atoms with Gasteiger partial charge in [-0.2, -0.15) is 0 Å². The Morgan fingerprint density at radius 2 is 1.20 bits per heavy atom. The lowest BCUT2D eigenvalue weighted by molar-refractivity contribution is -0.202. The molecule has 11 atom stereocenters. The Morgan fingerprint density at radius 1 is 0.667 bits per heavy atom. The predicted molar refractivity (Wildman–Crippen MR) is 222 cm³/mol. The topological polar surface area (TPSA) is 244 Å². The number of fused-ring (bicyclic) bond motifs is 5. The van der Waals surface area contributed by atoms with Gasteiger partial charge in [0.2, 0.25) is 5.91 Å². The first-order chi connectivity index (χ1) is 28.4. The van der Waals surface area contributed by atoms with Crippen LogP contribution >= 0.6 is 0 Å². The number of amides is 1. The molecule has 17 heteroatoms. The second kappa shape index (κ2) is 21.4. The number of nitrogens with zero attached hydrogens (tertiary/aromatic N) is 4. The van der Waals surface area contributed by atoms with Gasteiger partial charge in [-0.1, -0.05) is 20.8 Å². The molecular formula is C43H74N6O11. The van der Waals surface area contributed by atoms with E-state index in [2.05, 4.69) is 31.4 Å². The number of carboxylic acids is 4. The van der Waals surface area contributed by atoms with E-state index in [9.17, 15) is 54.6 Å². The SMILES string of the molecule is C[C@H](CCC(=O)O)[C@H]1CC[C@H]2[C@@H]3[C@H](O)C[C@@H]4C[C@@H](NCCCNC(=O)CN5CCN(CC(=O)O)CCN(CC(=O)O)CCN(CC(=O)O)CC5)CC[C@]4(C)[C@H]3C[C@H](O)[C@]12C. The van der Waals surface area contributed by atoms with Crippen LogP contribution < -0.4 is 10.6 Å². The van der Waals surface area contributed by atoms with E-state index < -0.39 is 36.1 Å². The highest BCUT2D eigenvalue weighted by Gasteiger charge is 2.65. The fourth-order valence-corrected chi connectivity index (χ4v) is 12.6. The Kier molecular flexibility index (Phi) is 17.2. The van der Waals surface area contributed by atoms with Gasteiger partial charge in [-0.15, -0.1) is 0 Å². The maximum atomic E-state index is 13.2. The van der Waals surface area contributed by atoms with Crippen molar-refractivity contribution in [1.82, 2.24) is 30.2 Å². The van der Waals surface area contributed by atoms with Crippen LogP contribution in [0, 0.1) is 46.3 Å². The third kappa shape index (κ3) is 12.2. The predicted octanol–water partition coefficient (Wildman–Crippen LogP) is 1.03. The van der Waals surface area contributed by atoms with Crippen molar-refractivity contribution in [3.05, 3.63) is 0 Å². The molecule has 4 saturated carbocycles. The summed E-state index contributed by atoms with van der Waals surface area (Å²) < 4.78 is 0. The molecule has 0 spiro atoms. The van der Waals surface area contributed by atoms with E-state index in [1.165, 1.54) is 0 Å². The number of carbonyl (C=O) groups is 5. The van der Waals surface area contributed by atoms with Gasteiger partial charge in [-0.3, -0.25) is 43.6 Å². The van der Waals surface area contributed by atoms with Crippen molar-refractivity contribution in [3.63, 3.8) is 0 Å². The molecule has 8 N–H and O–H groups in total. The summed E-state index contributed by atoms with van der Waals surface area (Å²) in [6.45, 7) is 10.1. The van der Waals surface area contributed by atoms with Crippen LogP contribution in [0.5, 0.6) is 0 Å². The first-order valence-electron chi connectivity index (χ1n) is 22.5. The normalized spacial score (nSPS) is 35.5. The van der Waals surface area contributed by atoms with E-state index in [1.807, 2.05) is 4.90 Å². The summed E-state index contributed by atoms with van der Waals surface area (Å²) in [5.41, 5.74) is -0.285. The molecule has 342 valence electrons. The molecule has 5 aliphatic rings. The molecule has 60 heavy (non-hydrogen) atoms. The van der Waals surface area contributed by atoms with Crippen LogP contribution in [0.25, 0.3) is 0 Å². The summed E-state index contributed by atoms with van der Waals surface area (Å²) in [6.07, 6.45) is 6.97. The van der Waals surface area contributed by atoms with Gasteiger partial charge in [0.25, 0.3) is 0 Å². The molecule has 0 bridgehead atoms. The molecule has 0 aromatic carbocycles. The Labute approximate surface area is 355 Å². The summed E-state index contributed by atoms with van der Waals surface area (Å²) in [4.78, 5) is 66.2. The largest absolute Gasteiger partial charge is 0.481 e. The van der Waals surface area contributed by atoms with Crippen LogP contribution in [0.2, 0.25) is 0 Å². The summed E-state index contributed by atoms with van der Waals surface area (Å²) in [5, 5.41) is 68.1. The molecule has 0 aromatic heterocycles. The van der Waals surface area contributed by atoms with Crippen LogP contribution in [-0.4, -0.2) is 190 Å². The van der Waals surface area contributed by atoms with Crippen molar-refractivity contribution in [3.8, 4) is 0 Å². The standard InChI is InChI=1S/C43H74N6O11/c1-28(5-8-37(53)54)31-6-7-32-41-33(23-35(51)43(31,32)3)42(2)10-9-30(21-29(42)22-34(41)50)44-11-4-12-45-36(52)24-46-13-15-47(25-38(55)56)17-19-49(27-40(59)60)20-18-48(16-14-46)26-39(57)58/h28-35,41,44,50-51H,4-27H2,1-3H3,(H,45,52)(H,53,54)(H,55,56)(H,57,58)(H,59,60)/t28-,29+,30+,31-,32+,33+,34-,35+,41+,42+,43-/m1/s1. The van der Waals surface area contributed by atoms with Gasteiger partial charge in [0, 0.05) is 71.4 Å². The lowest BCUT2D eigenvalue weighted by Gasteiger charge is -2.63. The first kappa shape index (κ1) is 48.1. The van der Waals surface area contributed by atoms with Gasteiger partial charge in [-0.05, 0) is 111 Å². The number of carboxylic acid groups (broad SMARTS) is 4. The third-order valence-electron chi connectivity index (χ3n) is 15.8. The summed E-state index contributed by atoms with van der Waals surface area (Å²) in [5.74, 6) is -2.55. The van der Waals surface area contributed by atoms with E-state index in [0.29, 0.717) is 83.7 Å². The minimum Gasteiger partial charge on any atom is -0.481 e. The summed E-state index contributed by atoms with van der Waals surface area (Å²) in [7, 11) is 0. The quantitative estimate of drug-likeness (QED) is 0.0954. The van der Waals surface area contributed by atoms with E-state index in [0.717, 1.165) is 51.5 Å². The van der Waals surface area contributed by atoms with Gasteiger partial charge < -0.3 is 41.3 Å². The molecule has 4 aliphatic carbocycles. The number of rotatable bonds is 17. The third-order valence-corrected chi connectivity index (χ3v) is 15.8. The first-order valence-corrected chi connectivity index (χ1v) is 22.5. The zero-order chi connectivity index (χ0) is 43.8. The van der Waals surface area contributed by atoms with Gasteiger partial charge in [-0.25, -0.2) is 0 Å². The minimum atomic E-state index is -1.01. The molecule has 0 aromatic rings. The number of aliphatic carboxylic acids is 4. The van der Waals surface area contributed by atoms with Crippen molar-refractivity contribution in [1.29, 1.82) is 0 Å². The highest BCUT2D eigenvalue weighted by Crippen LogP contribution is 2.68. The fourth-order valence-electron chi connectivity index (χ4n) is 12.6. The molecule has 1 amide bonds. The zero-order valence-electron chi connectivity index (χ0n) is 36.2. The Hall–Kier alpha value is -2.93. The van der Waals surface area contributed by atoms with Crippen molar-refractivity contribution in [2.45, 2.75) is 103 Å². The Bertz CT molecular complexity index is 1460. The Morgan fingerprint density at radius 3 is 1.72 bits per heavy atom. The monoisotopic (exact) mass is 851 g/mol. The highest BCUT2D eigenvalue weighted by molar-refractivity contribution is 5.78. The fraction of sp³-hybridized carbons (Fsp3) is 0.884. The molecule has 5 fully saturated rings. The molecule has 5 rings (SSSR count). The molecule has 17 nitrogen and oxygen atoms in total. The van der Waals surface area contributed by atoms with Crippen LogP contribution in [0.4, 0.5) is 0 Å². The Balaban J connectivity index is 1.09. The highest BCUT2D eigenvalue weighted by atomic mass is 16.4. The molecule has 1 aliphatic heterocycles. The van der Waals surface area contributed by atoms with Crippen LogP contribution in [0.1, 0.15) is 85.0 Å². The second-order valence-electron chi connectivity index (χ2n) is 19.4. The number of aliphatic hydroxyl groups is 2. The smallest absolute Gasteiger partial charge is 0.317 e. The van der Waals surface area contributed by atoms with Gasteiger partial charge in [0.05, 0.1) is 38.4 Å². The van der Waals surface area contributed by atoms with E-state index in [-0.39, 0.29) is 78.9 Å². The van der Waals surface area contributed by atoms with E-state index >= 15 is 0 Å². The van der Waals surface area contributed by atoms with Crippen LogP contribution in [0.3, 0.4) is 0 Å². The molecule has 1 heterocycles. The minimum absolute atomic E-state index is 0.0320. The van der Waals surface area contributed by atoms with Gasteiger partial charge >= 0.3 is 23.9 Å². The number of hydrogen-bond donors (Lipinski definition) is 8. The summed E-state index contributed by atoms with van der Waals surface area (Å²) >= 11 is 0. The number of carbonyl (C=O) groups excluding carboxylic acids is 1. The van der Waals surface area contributed by atoms with Crippen LogP contribution in [-0.2, 0) is 24.0 Å².